The van der Waals surface area contributed by atoms with Crippen molar-refractivity contribution in [1.29, 1.82) is 0 Å². The largest absolute Gasteiger partial charge is 0.383 e. The number of nitrogens with one attached hydrogen (secondary N) is 2. The number of rotatable bonds is 4. The van der Waals surface area contributed by atoms with Gasteiger partial charge in [0, 0.05) is 19.3 Å². The fourth-order valence-electron chi connectivity index (χ4n) is 2.03. The molecule has 0 radical (unpaired) electrons. The summed E-state index contributed by atoms with van der Waals surface area (Å²) in [6.45, 7) is 6.02. The minimum atomic E-state index is -0.260. The van der Waals surface area contributed by atoms with Crippen LogP contribution in [0.5, 0.6) is 0 Å². The molecule has 1 atom stereocenters. The summed E-state index contributed by atoms with van der Waals surface area (Å²) in [6, 6.07) is 1.73. The maximum atomic E-state index is 12.3. The van der Waals surface area contributed by atoms with Crippen molar-refractivity contribution in [2.45, 2.75) is 25.8 Å². The summed E-state index contributed by atoms with van der Waals surface area (Å²) in [6.07, 6.45) is 4.15. The van der Waals surface area contributed by atoms with Crippen LogP contribution in [0.3, 0.4) is 0 Å². The van der Waals surface area contributed by atoms with E-state index in [9.17, 15) is 4.79 Å². The molecule has 1 aromatic rings. The Bertz CT molecular complexity index is 428. The monoisotopic (exact) mass is 249 g/mol. The van der Waals surface area contributed by atoms with Crippen molar-refractivity contribution >= 4 is 11.6 Å². The molecule has 1 unspecified atom stereocenters. The van der Waals surface area contributed by atoms with Gasteiger partial charge in [-0.05, 0) is 26.3 Å². The lowest BCUT2D eigenvalue weighted by Crippen LogP contribution is -2.46. The minimum absolute atomic E-state index is 0.0821. The fourth-order valence-corrected chi connectivity index (χ4v) is 2.03. The number of aromatic nitrogens is 1. The first-order chi connectivity index (χ1) is 8.64. The summed E-state index contributed by atoms with van der Waals surface area (Å²) in [4.78, 5) is 16.3. The SMILES string of the molecule is CCNc1cnccc1C(=O)NC1(C)CCOC1. The van der Waals surface area contributed by atoms with Crippen LogP contribution < -0.4 is 10.6 Å². The molecular formula is C13H19N3O2. The van der Waals surface area contributed by atoms with E-state index in [1.54, 1.807) is 18.5 Å². The van der Waals surface area contributed by atoms with Gasteiger partial charge in [-0.2, -0.15) is 0 Å². The zero-order chi connectivity index (χ0) is 13.0. The Morgan fingerprint density at radius 1 is 1.61 bits per heavy atom. The molecule has 1 saturated heterocycles. The summed E-state index contributed by atoms with van der Waals surface area (Å²) in [5.74, 6) is -0.0821. The Balaban J connectivity index is 2.13. The Kier molecular flexibility index (Phi) is 3.81. The Morgan fingerprint density at radius 2 is 2.44 bits per heavy atom. The van der Waals surface area contributed by atoms with Gasteiger partial charge in [0.1, 0.15) is 0 Å². The number of ether oxygens (including phenoxy) is 1. The van der Waals surface area contributed by atoms with Gasteiger partial charge in [-0.25, -0.2) is 0 Å². The number of carbonyl (C=O) groups excluding carboxylic acids is 1. The molecule has 0 bridgehead atoms. The van der Waals surface area contributed by atoms with Crippen LogP contribution in [0.2, 0.25) is 0 Å². The number of pyridine rings is 1. The van der Waals surface area contributed by atoms with E-state index in [4.69, 9.17) is 4.74 Å². The molecule has 2 rings (SSSR count). The molecule has 5 heteroatoms. The van der Waals surface area contributed by atoms with Gasteiger partial charge in [0.15, 0.2) is 0 Å². The van der Waals surface area contributed by atoms with Gasteiger partial charge >= 0.3 is 0 Å². The number of nitrogens with zero attached hydrogens (tertiary/aromatic N) is 1. The lowest BCUT2D eigenvalue weighted by atomic mass is 10.0. The maximum Gasteiger partial charge on any atom is 0.253 e. The highest BCUT2D eigenvalue weighted by Crippen LogP contribution is 2.20. The van der Waals surface area contributed by atoms with Crippen molar-refractivity contribution in [3.63, 3.8) is 0 Å². The lowest BCUT2D eigenvalue weighted by molar-refractivity contribution is 0.0890. The van der Waals surface area contributed by atoms with Crippen molar-refractivity contribution in [3.05, 3.63) is 24.0 Å². The smallest absolute Gasteiger partial charge is 0.253 e. The Hall–Kier alpha value is -1.62. The van der Waals surface area contributed by atoms with Crippen molar-refractivity contribution in [1.82, 2.24) is 10.3 Å². The predicted molar refractivity (Wildman–Crippen MR) is 69.7 cm³/mol. The fraction of sp³-hybridized carbons (Fsp3) is 0.538. The Labute approximate surface area is 107 Å². The average Bonchev–Trinajstić information content (AvgIpc) is 2.77. The van der Waals surface area contributed by atoms with E-state index < -0.39 is 0 Å². The van der Waals surface area contributed by atoms with Crippen LogP contribution >= 0.6 is 0 Å². The average molecular weight is 249 g/mol. The highest BCUT2D eigenvalue weighted by atomic mass is 16.5. The van der Waals surface area contributed by atoms with Crippen molar-refractivity contribution in [3.8, 4) is 0 Å². The highest BCUT2D eigenvalue weighted by molar-refractivity contribution is 5.99. The van der Waals surface area contributed by atoms with Crippen LogP contribution in [0.4, 0.5) is 5.69 Å². The van der Waals surface area contributed by atoms with E-state index in [0.717, 1.165) is 18.7 Å². The summed E-state index contributed by atoms with van der Waals surface area (Å²) in [7, 11) is 0. The third-order valence-corrected chi connectivity index (χ3v) is 3.07. The van der Waals surface area contributed by atoms with Gasteiger partial charge in [-0.1, -0.05) is 0 Å². The first-order valence-electron chi connectivity index (χ1n) is 6.23. The van der Waals surface area contributed by atoms with Crippen LogP contribution in [0, 0.1) is 0 Å². The molecule has 0 spiro atoms. The maximum absolute atomic E-state index is 12.3. The molecule has 18 heavy (non-hydrogen) atoms. The highest BCUT2D eigenvalue weighted by Gasteiger charge is 2.31. The molecule has 98 valence electrons. The van der Waals surface area contributed by atoms with Gasteiger partial charge < -0.3 is 15.4 Å². The number of amides is 1. The predicted octanol–water partition coefficient (Wildman–Crippen LogP) is 1.42. The normalized spacial score (nSPS) is 22.8. The first kappa shape index (κ1) is 12.8. The second kappa shape index (κ2) is 5.35. The van der Waals surface area contributed by atoms with Crippen LogP contribution in [0.15, 0.2) is 18.5 Å². The summed E-state index contributed by atoms with van der Waals surface area (Å²) < 4.78 is 5.33. The zero-order valence-corrected chi connectivity index (χ0v) is 10.8. The third-order valence-electron chi connectivity index (χ3n) is 3.07. The van der Waals surface area contributed by atoms with E-state index in [0.29, 0.717) is 18.8 Å². The second-order valence-corrected chi connectivity index (χ2v) is 4.77. The van der Waals surface area contributed by atoms with Crippen molar-refractivity contribution in [2.75, 3.05) is 25.1 Å². The molecule has 1 aromatic heterocycles. The molecule has 0 aliphatic carbocycles. The minimum Gasteiger partial charge on any atom is -0.383 e. The van der Waals surface area contributed by atoms with Gasteiger partial charge in [-0.3, -0.25) is 9.78 Å². The van der Waals surface area contributed by atoms with Crippen LogP contribution in [0.25, 0.3) is 0 Å². The zero-order valence-electron chi connectivity index (χ0n) is 10.8. The van der Waals surface area contributed by atoms with Crippen molar-refractivity contribution < 1.29 is 9.53 Å². The third kappa shape index (κ3) is 2.79. The number of hydrogen-bond donors (Lipinski definition) is 2. The second-order valence-electron chi connectivity index (χ2n) is 4.77. The molecule has 5 nitrogen and oxygen atoms in total. The van der Waals surface area contributed by atoms with E-state index in [-0.39, 0.29) is 11.4 Å². The molecular weight excluding hydrogens is 230 g/mol. The summed E-state index contributed by atoms with van der Waals surface area (Å²) in [5.41, 5.74) is 1.13. The van der Waals surface area contributed by atoms with Crippen LogP contribution in [-0.4, -0.2) is 36.2 Å². The molecule has 1 amide bonds. The van der Waals surface area contributed by atoms with Gasteiger partial charge in [0.2, 0.25) is 0 Å². The van der Waals surface area contributed by atoms with Crippen LogP contribution in [0.1, 0.15) is 30.6 Å². The van der Waals surface area contributed by atoms with Crippen molar-refractivity contribution in [2.24, 2.45) is 0 Å². The van der Waals surface area contributed by atoms with Crippen LogP contribution in [-0.2, 0) is 4.74 Å². The molecule has 2 heterocycles. The van der Waals surface area contributed by atoms with E-state index >= 15 is 0 Å². The molecule has 0 saturated carbocycles. The standard InChI is InChI=1S/C13H19N3O2/c1-3-15-11-8-14-6-4-10(11)12(17)16-13(2)5-7-18-9-13/h4,6,8,15H,3,5,7,9H2,1-2H3,(H,16,17). The van der Waals surface area contributed by atoms with E-state index in [2.05, 4.69) is 15.6 Å². The number of carbonyl (C=O) groups is 1. The number of anilines is 1. The summed E-state index contributed by atoms with van der Waals surface area (Å²) in [5, 5.41) is 6.18. The molecule has 1 aliphatic rings. The summed E-state index contributed by atoms with van der Waals surface area (Å²) >= 11 is 0. The molecule has 2 N–H and O–H groups in total. The van der Waals surface area contributed by atoms with Gasteiger partial charge in [-0.15, -0.1) is 0 Å². The lowest BCUT2D eigenvalue weighted by Gasteiger charge is -2.24. The first-order valence-corrected chi connectivity index (χ1v) is 6.23. The number of hydrogen-bond acceptors (Lipinski definition) is 4. The quantitative estimate of drug-likeness (QED) is 0.847. The van der Waals surface area contributed by atoms with Gasteiger partial charge in [0.05, 0.1) is 29.6 Å². The molecule has 1 aliphatic heterocycles. The van der Waals surface area contributed by atoms with E-state index in [1.807, 2.05) is 13.8 Å². The Morgan fingerprint density at radius 3 is 3.11 bits per heavy atom. The van der Waals surface area contributed by atoms with Gasteiger partial charge in [0.25, 0.3) is 5.91 Å². The van der Waals surface area contributed by atoms with E-state index in [1.165, 1.54) is 0 Å². The molecule has 1 fully saturated rings. The molecule has 0 aromatic carbocycles. The topological polar surface area (TPSA) is 63.2 Å².